The van der Waals surface area contributed by atoms with Crippen LogP contribution in [0, 0.1) is 6.92 Å². The van der Waals surface area contributed by atoms with Crippen LogP contribution in [0.15, 0.2) is 73.3 Å². The van der Waals surface area contributed by atoms with Gasteiger partial charge in [0.2, 0.25) is 0 Å². The number of pyridine rings is 2. The van der Waals surface area contributed by atoms with Crippen molar-refractivity contribution < 1.29 is 18.0 Å². The van der Waals surface area contributed by atoms with E-state index in [1.807, 2.05) is 25.1 Å². The third-order valence-corrected chi connectivity index (χ3v) is 4.59. The number of anilines is 1. The summed E-state index contributed by atoms with van der Waals surface area (Å²) in [6.45, 7) is 1.87. The van der Waals surface area contributed by atoms with E-state index >= 15 is 0 Å². The number of amides is 1. The highest BCUT2D eigenvalue weighted by Gasteiger charge is 2.30. The standard InChI is InChI=1S/C22H16F3N5O/c1-14-4-5-15(21(31)28-20-12-17(6-9-27-20)22(23,24)25)11-19(14)30-10-7-18(29-30)16-3-2-8-26-13-16/h2-13H,1H3,(H,27,28,31). The fourth-order valence-corrected chi connectivity index (χ4v) is 2.99. The van der Waals surface area contributed by atoms with Crippen LogP contribution in [-0.4, -0.2) is 25.7 Å². The van der Waals surface area contributed by atoms with Crippen molar-refractivity contribution in [3.63, 3.8) is 0 Å². The number of nitrogens with one attached hydrogen (secondary N) is 1. The summed E-state index contributed by atoms with van der Waals surface area (Å²) in [5.74, 6) is -0.757. The molecule has 0 saturated carbocycles. The van der Waals surface area contributed by atoms with Crippen LogP contribution >= 0.6 is 0 Å². The van der Waals surface area contributed by atoms with Crippen LogP contribution in [0.5, 0.6) is 0 Å². The van der Waals surface area contributed by atoms with E-state index in [0.717, 1.165) is 35.2 Å². The van der Waals surface area contributed by atoms with Gasteiger partial charge in [-0.25, -0.2) is 9.67 Å². The lowest BCUT2D eigenvalue weighted by molar-refractivity contribution is -0.137. The van der Waals surface area contributed by atoms with Gasteiger partial charge >= 0.3 is 6.18 Å². The molecule has 0 atom stereocenters. The molecule has 3 heterocycles. The highest BCUT2D eigenvalue weighted by molar-refractivity contribution is 6.04. The Kier molecular flexibility index (Phi) is 5.24. The molecule has 4 rings (SSSR count). The van der Waals surface area contributed by atoms with Gasteiger partial charge in [0.25, 0.3) is 5.91 Å². The first-order valence-corrected chi connectivity index (χ1v) is 9.23. The van der Waals surface area contributed by atoms with E-state index in [9.17, 15) is 18.0 Å². The van der Waals surface area contributed by atoms with Gasteiger partial charge in [0, 0.05) is 35.9 Å². The second-order valence-corrected chi connectivity index (χ2v) is 6.77. The summed E-state index contributed by atoms with van der Waals surface area (Å²) in [7, 11) is 0. The van der Waals surface area contributed by atoms with Crippen molar-refractivity contribution in [3.8, 4) is 16.9 Å². The summed E-state index contributed by atoms with van der Waals surface area (Å²) in [5, 5.41) is 6.95. The third-order valence-electron chi connectivity index (χ3n) is 4.59. The zero-order valence-corrected chi connectivity index (χ0v) is 16.3. The van der Waals surface area contributed by atoms with E-state index in [1.54, 1.807) is 41.5 Å². The first-order chi connectivity index (χ1) is 14.8. The van der Waals surface area contributed by atoms with Crippen LogP contribution in [0.4, 0.5) is 19.0 Å². The maximum Gasteiger partial charge on any atom is 0.416 e. The number of carbonyl (C=O) groups is 1. The number of benzene rings is 1. The number of aryl methyl sites for hydroxylation is 1. The molecule has 6 nitrogen and oxygen atoms in total. The Labute approximate surface area is 175 Å². The van der Waals surface area contributed by atoms with Gasteiger partial charge in [-0.1, -0.05) is 6.07 Å². The van der Waals surface area contributed by atoms with Crippen LogP contribution in [0.1, 0.15) is 21.5 Å². The molecular weight excluding hydrogens is 407 g/mol. The maximum absolute atomic E-state index is 12.9. The first kappa shape index (κ1) is 20.3. The Balaban J connectivity index is 1.60. The van der Waals surface area contributed by atoms with Crippen LogP contribution in [-0.2, 0) is 6.18 Å². The van der Waals surface area contributed by atoms with E-state index in [2.05, 4.69) is 20.4 Å². The van der Waals surface area contributed by atoms with Gasteiger partial charge in [0.1, 0.15) is 5.82 Å². The molecule has 0 radical (unpaired) electrons. The van der Waals surface area contributed by atoms with Crippen LogP contribution in [0.3, 0.4) is 0 Å². The Hall–Kier alpha value is -4.01. The van der Waals surface area contributed by atoms with Crippen molar-refractivity contribution in [1.82, 2.24) is 19.7 Å². The number of alkyl halides is 3. The minimum absolute atomic E-state index is 0.181. The summed E-state index contributed by atoms with van der Waals surface area (Å²) in [6, 6.07) is 12.1. The normalized spacial score (nSPS) is 11.4. The molecule has 9 heteroatoms. The number of nitrogens with zero attached hydrogens (tertiary/aromatic N) is 4. The number of hydrogen-bond donors (Lipinski definition) is 1. The second kappa shape index (κ2) is 8.02. The molecular formula is C22H16F3N5O. The Morgan fingerprint density at radius 2 is 1.90 bits per heavy atom. The smallest absolute Gasteiger partial charge is 0.307 e. The first-order valence-electron chi connectivity index (χ1n) is 9.23. The number of hydrogen-bond acceptors (Lipinski definition) is 4. The molecule has 0 bridgehead atoms. The van der Waals surface area contributed by atoms with Gasteiger partial charge in [-0.15, -0.1) is 0 Å². The van der Waals surface area contributed by atoms with E-state index in [4.69, 9.17) is 0 Å². The zero-order valence-electron chi connectivity index (χ0n) is 16.3. The molecule has 0 aliphatic heterocycles. The molecule has 0 aliphatic rings. The lowest BCUT2D eigenvalue weighted by Crippen LogP contribution is -2.15. The summed E-state index contributed by atoms with van der Waals surface area (Å²) < 4.78 is 40.3. The van der Waals surface area contributed by atoms with Crippen molar-refractivity contribution in [2.75, 3.05) is 5.32 Å². The summed E-state index contributed by atoms with van der Waals surface area (Å²) in [4.78, 5) is 20.5. The van der Waals surface area contributed by atoms with Crippen LogP contribution in [0.25, 0.3) is 16.9 Å². The molecule has 0 unspecified atom stereocenters. The van der Waals surface area contributed by atoms with Crippen molar-refractivity contribution in [2.45, 2.75) is 13.1 Å². The Morgan fingerprint density at radius 1 is 1.06 bits per heavy atom. The Morgan fingerprint density at radius 3 is 2.65 bits per heavy atom. The van der Waals surface area contributed by atoms with Gasteiger partial charge < -0.3 is 5.32 Å². The van der Waals surface area contributed by atoms with Gasteiger partial charge in [0.15, 0.2) is 0 Å². The Bertz CT molecular complexity index is 1240. The third kappa shape index (κ3) is 4.45. The van der Waals surface area contributed by atoms with Crippen molar-refractivity contribution in [1.29, 1.82) is 0 Å². The highest BCUT2D eigenvalue weighted by atomic mass is 19.4. The quantitative estimate of drug-likeness (QED) is 0.506. The van der Waals surface area contributed by atoms with Gasteiger partial charge in [-0.3, -0.25) is 9.78 Å². The molecule has 0 saturated heterocycles. The molecule has 1 aromatic carbocycles. The molecule has 3 aromatic heterocycles. The molecule has 156 valence electrons. The van der Waals surface area contributed by atoms with E-state index in [-0.39, 0.29) is 11.4 Å². The number of rotatable bonds is 4. The fourth-order valence-electron chi connectivity index (χ4n) is 2.99. The van der Waals surface area contributed by atoms with Gasteiger partial charge in [-0.2, -0.15) is 18.3 Å². The lowest BCUT2D eigenvalue weighted by atomic mass is 10.1. The average molecular weight is 423 g/mol. The number of aromatic nitrogens is 4. The average Bonchev–Trinajstić information content (AvgIpc) is 3.24. The molecule has 1 N–H and O–H groups in total. The molecule has 4 aromatic rings. The maximum atomic E-state index is 12.9. The molecule has 0 spiro atoms. The molecule has 0 aliphatic carbocycles. The zero-order chi connectivity index (χ0) is 22.0. The second-order valence-electron chi connectivity index (χ2n) is 6.77. The summed E-state index contributed by atoms with van der Waals surface area (Å²) in [6.07, 6.45) is 1.62. The molecule has 31 heavy (non-hydrogen) atoms. The molecule has 1 amide bonds. The largest absolute Gasteiger partial charge is 0.416 e. The number of carbonyl (C=O) groups excluding carboxylic acids is 1. The fraction of sp³-hybridized carbons (Fsp3) is 0.0909. The summed E-state index contributed by atoms with van der Waals surface area (Å²) in [5.41, 5.74) is 2.48. The minimum Gasteiger partial charge on any atom is -0.307 e. The van der Waals surface area contributed by atoms with Gasteiger partial charge in [0.05, 0.1) is 16.9 Å². The summed E-state index contributed by atoms with van der Waals surface area (Å²) >= 11 is 0. The van der Waals surface area contributed by atoms with Crippen molar-refractivity contribution >= 4 is 11.7 Å². The monoisotopic (exact) mass is 423 g/mol. The van der Waals surface area contributed by atoms with E-state index < -0.39 is 17.6 Å². The van der Waals surface area contributed by atoms with E-state index in [1.165, 1.54) is 0 Å². The predicted molar refractivity (Wildman–Crippen MR) is 109 cm³/mol. The van der Waals surface area contributed by atoms with Crippen molar-refractivity contribution in [2.24, 2.45) is 0 Å². The highest BCUT2D eigenvalue weighted by Crippen LogP contribution is 2.30. The van der Waals surface area contributed by atoms with Gasteiger partial charge in [-0.05, 0) is 55.0 Å². The SMILES string of the molecule is Cc1ccc(C(=O)Nc2cc(C(F)(F)F)ccn2)cc1-n1ccc(-c2cccnc2)n1. The predicted octanol–water partition coefficient (Wildman–Crippen LogP) is 4.91. The number of halogens is 3. The minimum atomic E-state index is -4.52. The van der Waals surface area contributed by atoms with Crippen LogP contribution in [0.2, 0.25) is 0 Å². The topological polar surface area (TPSA) is 72.7 Å². The molecule has 0 fully saturated rings. The van der Waals surface area contributed by atoms with Crippen LogP contribution < -0.4 is 5.32 Å². The van der Waals surface area contributed by atoms with Crippen molar-refractivity contribution in [3.05, 3.63) is 90.0 Å². The lowest BCUT2D eigenvalue weighted by Gasteiger charge is -2.11. The van der Waals surface area contributed by atoms with E-state index in [0.29, 0.717) is 5.69 Å².